The number of quaternary nitrogens is 2. The summed E-state index contributed by atoms with van der Waals surface area (Å²) < 4.78 is 2.38. The Hall–Kier alpha value is 0.800. The SMILES string of the molecule is C[N+]1(C)CCNCC1.C[N+]1(C)CCNCC1.[Br-].[Br-]. The molecule has 2 aliphatic rings. The molecule has 2 heterocycles. The predicted octanol–water partition coefficient (Wildman–Crippen LogP) is -6.66. The average molecular weight is 390 g/mol. The number of likely N-dealkylation sites (N-methyl/N-ethyl adjacent to an activating group) is 2. The monoisotopic (exact) mass is 388 g/mol. The first-order chi connectivity index (χ1) is 7.41. The van der Waals surface area contributed by atoms with Crippen molar-refractivity contribution in [2.24, 2.45) is 0 Å². The van der Waals surface area contributed by atoms with Gasteiger partial charge in [0.25, 0.3) is 0 Å². The fraction of sp³-hybridized carbons (Fsp3) is 1.00. The fourth-order valence-electron chi connectivity index (χ4n) is 2.00. The minimum absolute atomic E-state index is 0. The minimum Gasteiger partial charge on any atom is -1.00 e. The summed E-state index contributed by atoms with van der Waals surface area (Å²) in [5.41, 5.74) is 0. The van der Waals surface area contributed by atoms with Crippen LogP contribution >= 0.6 is 0 Å². The van der Waals surface area contributed by atoms with Crippen LogP contribution in [-0.2, 0) is 0 Å². The Balaban J connectivity index is 0. The van der Waals surface area contributed by atoms with Gasteiger partial charge in [0, 0.05) is 26.2 Å². The van der Waals surface area contributed by atoms with Gasteiger partial charge in [0.2, 0.25) is 0 Å². The van der Waals surface area contributed by atoms with Crippen LogP contribution in [0.2, 0.25) is 0 Å². The first-order valence-electron chi connectivity index (χ1n) is 6.47. The second kappa shape index (κ2) is 9.66. The van der Waals surface area contributed by atoms with Crippen molar-refractivity contribution in [2.75, 3.05) is 80.5 Å². The first kappa shape index (κ1) is 21.1. The molecule has 112 valence electrons. The van der Waals surface area contributed by atoms with E-state index in [1.807, 2.05) is 0 Å². The third-order valence-electron chi connectivity index (χ3n) is 3.58. The van der Waals surface area contributed by atoms with Crippen LogP contribution in [0.5, 0.6) is 0 Å². The largest absolute Gasteiger partial charge is 1.00 e. The average Bonchev–Trinajstić information content (AvgIpc) is 2.17. The van der Waals surface area contributed by atoms with Crippen molar-refractivity contribution in [3.05, 3.63) is 0 Å². The van der Waals surface area contributed by atoms with Crippen molar-refractivity contribution in [1.29, 1.82) is 0 Å². The van der Waals surface area contributed by atoms with Gasteiger partial charge < -0.3 is 53.6 Å². The Morgan fingerprint density at radius 1 is 0.556 bits per heavy atom. The summed E-state index contributed by atoms with van der Waals surface area (Å²) in [6.07, 6.45) is 0. The maximum atomic E-state index is 3.32. The van der Waals surface area contributed by atoms with Crippen LogP contribution in [0, 0.1) is 0 Å². The van der Waals surface area contributed by atoms with Gasteiger partial charge in [0.05, 0.1) is 54.4 Å². The quantitative estimate of drug-likeness (QED) is 0.402. The standard InChI is InChI=1S/2C6H15N2.2BrH/c2*1-8(2)5-3-7-4-6-8;;/h2*7H,3-6H2,1-2H3;2*1H/q2*+1;;/p-2. The molecule has 0 aromatic carbocycles. The number of hydrogen-bond donors (Lipinski definition) is 2. The summed E-state index contributed by atoms with van der Waals surface area (Å²) in [7, 11) is 9.11. The third-order valence-corrected chi connectivity index (χ3v) is 3.58. The summed E-state index contributed by atoms with van der Waals surface area (Å²) in [5.74, 6) is 0. The van der Waals surface area contributed by atoms with Gasteiger partial charge in [-0.2, -0.15) is 0 Å². The molecule has 0 radical (unpaired) electrons. The molecule has 2 N–H and O–H groups in total. The molecule has 6 heteroatoms. The van der Waals surface area contributed by atoms with E-state index in [1.54, 1.807) is 0 Å². The predicted molar refractivity (Wildman–Crippen MR) is 69.4 cm³/mol. The molecule has 4 nitrogen and oxygen atoms in total. The van der Waals surface area contributed by atoms with Crippen molar-refractivity contribution in [3.8, 4) is 0 Å². The van der Waals surface area contributed by atoms with Crippen LogP contribution in [0.25, 0.3) is 0 Å². The fourth-order valence-corrected chi connectivity index (χ4v) is 2.00. The third kappa shape index (κ3) is 9.69. The molecule has 0 saturated carbocycles. The molecule has 2 aliphatic heterocycles. The highest BCUT2D eigenvalue weighted by molar-refractivity contribution is 4.52. The highest BCUT2D eigenvalue weighted by Crippen LogP contribution is 1.97. The molecule has 0 atom stereocenters. The molecule has 0 unspecified atom stereocenters. The molecule has 18 heavy (non-hydrogen) atoms. The van der Waals surface area contributed by atoms with Gasteiger partial charge in [-0.05, 0) is 0 Å². The van der Waals surface area contributed by atoms with E-state index in [0.29, 0.717) is 0 Å². The Morgan fingerprint density at radius 2 is 0.778 bits per heavy atom. The van der Waals surface area contributed by atoms with Crippen molar-refractivity contribution >= 4 is 0 Å². The zero-order chi connectivity index (χ0) is 12.1. The van der Waals surface area contributed by atoms with Gasteiger partial charge in [-0.25, -0.2) is 0 Å². The van der Waals surface area contributed by atoms with Gasteiger partial charge in [0.15, 0.2) is 0 Å². The lowest BCUT2D eigenvalue weighted by Crippen LogP contribution is -3.00. The van der Waals surface area contributed by atoms with Crippen LogP contribution < -0.4 is 44.6 Å². The van der Waals surface area contributed by atoms with Gasteiger partial charge in [-0.15, -0.1) is 0 Å². The number of nitrogens with one attached hydrogen (secondary N) is 2. The van der Waals surface area contributed by atoms with E-state index >= 15 is 0 Å². The Morgan fingerprint density at radius 3 is 0.889 bits per heavy atom. The molecule has 0 aromatic rings. The lowest BCUT2D eigenvalue weighted by molar-refractivity contribution is -0.891. The molecule has 0 amide bonds. The lowest BCUT2D eigenvalue weighted by atomic mass is 10.3. The molecule has 0 aromatic heterocycles. The summed E-state index contributed by atoms with van der Waals surface area (Å²) in [4.78, 5) is 0. The van der Waals surface area contributed by atoms with Crippen LogP contribution in [0.15, 0.2) is 0 Å². The first-order valence-corrected chi connectivity index (χ1v) is 6.47. The van der Waals surface area contributed by atoms with E-state index in [-0.39, 0.29) is 34.0 Å². The number of halogens is 2. The van der Waals surface area contributed by atoms with E-state index in [2.05, 4.69) is 38.8 Å². The van der Waals surface area contributed by atoms with Crippen LogP contribution in [-0.4, -0.2) is 89.5 Å². The van der Waals surface area contributed by atoms with E-state index in [0.717, 1.165) is 0 Å². The second-order valence-corrected chi connectivity index (χ2v) is 6.27. The number of nitrogens with zero attached hydrogens (tertiary/aromatic N) is 2. The van der Waals surface area contributed by atoms with Crippen molar-refractivity contribution in [2.45, 2.75) is 0 Å². The van der Waals surface area contributed by atoms with Gasteiger partial charge in [-0.3, -0.25) is 0 Å². The van der Waals surface area contributed by atoms with Gasteiger partial charge >= 0.3 is 0 Å². The molecular weight excluding hydrogens is 360 g/mol. The smallest absolute Gasteiger partial charge is 0.0909 e. The van der Waals surface area contributed by atoms with E-state index < -0.39 is 0 Å². The summed E-state index contributed by atoms with van der Waals surface area (Å²) in [6, 6.07) is 0. The topological polar surface area (TPSA) is 24.1 Å². The van der Waals surface area contributed by atoms with E-state index in [4.69, 9.17) is 0 Å². The van der Waals surface area contributed by atoms with Gasteiger partial charge in [0.1, 0.15) is 0 Å². The zero-order valence-electron chi connectivity index (χ0n) is 12.3. The molecular formula is C12H30Br2N4. The summed E-state index contributed by atoms with van der Waals surface area (Å²) >= 11 is 0. The zero-order valence-corrected chi connectivity index (χ0v) is 15.5. The highest BCUT2D eigenvalue weighted by atomic mass is 79.9. The van der Waals surface area contributed by atoms with Crippen LogP contribution in [0.3, 0.4) is 0 Å². The van der Waals surface area contributed by atoms with Crippen LogP contribution in [0.4, 0.5) is 0 Å². The maximum absolute atomic E-state index is 3.32. The van der Waals surface area contributed by atoms with E-state index in [9.17, 15) is 0 Å². The lowest BCUT2D eigenvalue weighted by Gasteiger charge is -2.33. The molecule has 2 rings (SSSR count). The van der Waals surface area contributed by atoms with Crippen molar-refractivity contribution < 1.29 is 42.9 Å². The number of piperazine rings is 2. The molecule has 2 saturated heterocycles. The maximum Gasteiger partial charge on any atom is 0.0909 e. The normalized spacial score (nSPS) is 24.7. The number of rotatable bonds is 0. The molecule has 0 spiro atoms. The van der Waals surface area contributed by atoms with Crippen molar-refractivity contribution in [3.63, 3.8) is 0 Å². The van der Waals surface area contributed by atoms with Gasteiger partial charge in [-0.1, -0.05) is 0 Å². The molecule has 0 bridgehead atoms. The highest BCUT2D eigenvalue weighted by Gasteiger charge is 2.17. The Labute approximate surface area is 134 Å². The minimum atomic E-state index is 0. The van der Waals surface area contributed by atoms with E-state index in [1.165, 1.54) is 61.3 Å². The van der Waals surface area contributed by atoms with Crippen LogP contribution in [0.1, 0.15) is 0 Å². The Kier molecular flexibility index (Phi) is 11.3. The summed E-state index contributed by atoms with van der Waals surface area (Å²) in [5, 5.41) is 6.65. The number of hydrogen-bond acceptors (Lipinski definition) is 2. The molecule has 2 fully saturated rings. The molecule has 0 aliphatic carbocycles. The Bertz CT molecular complexity index is 172. The van der Waals surface area contributed by atoms with Crippen molar-refractivity contribution in [1.82, 2.24) is 10.6 Å². The summed E-state index contributed by atoms with van der Waals surface area (Å²) in [6.45, 7) is 9.86. The second-order valence-electron chi connectivity index (χ2n) is 6.27.